The van der Waals surface area contributed by atoms with Gasteiger partial charge < -0.3 is 40.1 Å². The van der Waals surface area contributed by atoms with E-state index in [0.717, 1.165) is 0 Å². The molecule has 1 aromatic heterocycles. The van der Waals surface area contributed by atoms with Crippen LogP contribution in [-0.2, 0) is 32.8 Å². The Bertz CT molecular complexity index is 1930. The molecular formula is C38H43FN4O7. The number of rotatable bonds is 5. The van der Waals surface area contributed by atoms with Gasteiger partial charge in [-0.25, -0.2) is 9.37 Å². The van der Waals surface area contributed by atoms with Crippen LogP contribution in [0.3, 0.4) is 0 Å². The first-order valence-corrected chi connectivity index (χ1v) is 17.1. The van der Waals surface area contributed by atoms with Crippen molar-refractivity contribution in [2.45, 2.75) is 90.8 Å². The van der Waals surface area contributed by atoms with Crippen LogP contribution in [0.25, 0.3) is 5.57 Å². The lowest BCUT2D eigenvalue weighted by Crippen LogP contribution is -2.56. The van der Waals surface area contributed by atoms with Crippen LogP contribution < -0.4 is 20.7 Å². The third kappa shape index (κ3) is 5.45. The van der Waals surface area contributed by atoms with Crippen LogP contribution in [0, 0.1) is 23.1 Å². The molecule has 5 heterocycles. The number of anilines is 1. The van der Waals surface area contributed by atoms with Gasteiger partial charge in [-0.3, -0.25) is 9.59 Å². The van der Waals surface area contributed by atoms with Gasteiger partial charge >= 0.3 is 0 Å². The van der Waals surface area contributed by atoms with Crippen molar-refractivity contribution in [1.82, 2.24) is 15.6 Å². The van der Waals surface area contributed by atoms with E-state index in [0.29, 0.717) is 57.3 Å². The summed E-state index contributed by atoms with van der Waals surface area (Å²) in [6, 6.07) is 8.36. The molecule has 3 aromatic rings. The molecule has 4 aliphatic rings. The minimum Gasteiger partial charge on any atom is -0.469 e. The van der Waals surface area contributed by atoms with Gasteiger partial charge in [-0.2, -0.15) is 0 Å². The molecule has 12 heteroatoms. The maximum Gasteiger partial charge on any atom is 0.249 e. The quantitative estimate of drug-likeness (QED) is 0.258. The van der Waals surface area contributed by atoms with Gasteiger partial charge in [0.2, 0.25) is 17.7 Å². The summed E-state index contributed by atoms with van der Waals surface area (Å²) in [7, 11) is 0. The highest BCUT2D eigenvalue weighted by molar-refractivity contribution is 5.90. The number of aliphatic hydroxyl groups is 2. The Kier molecular flexibility index (Phi) is 8.30. The molecule has 6 unspecified atom stereocenters. The summed E-state index contributed by atoms with van der Waals surface area (Å²) >= 11 is 0. The molecule has 2 amide bonds. The lowest BCUT2D eigenvalue weighted by molar-refractivity contribution is -0.136. The summed E-state index contributed by atoms with van der Waals surface area (Å²) < 4.78 is 35.2. The van der Waals surface area contributed by atoms with Gasteiger partial charge in [-0.05, 0) is 59.6 Å². The molecule has 11 nitrogen and oxygen atoms in total. The van der Waals surface area contributed by atoms with Gasteiger partial charge in [0.05, 0.1) is 18.2 Å². The zero-order valence-electron chi connectivity index (χ0n) is 29.0. The highest BCUT2D eigenvalue weighted by atomic mass is 19.1. The molecule has 7 rings (SSSR count). The number of carbonyl (C=O) groups excluding carboxylic acids is 2. The minimum absolute atomic E-state index is 0.0958. The number of aromatic nitrogens is 1. The Morgan fingerprint density at radius 2 is 1.94 bits per heavy atom. The molecule has 4 bridgehead atoms. The zero-order chi connectivity index (χ0) is 35.7. The number of oxazole rings is 1. The predicted octanol–water partition coefficient (Wildman–Crippen LogP) is 4.68. The van der Waals surface area contributed by atoms with Crippen molar-refractivity contribution in [3.05, 3.63) is 94.3 Å². The van der Waals surface area contributed by atoms with Crippen LogP contribution in [0.15, 0.2) is 64.7 Å². The number of allylic oxidation sites excluding steroid dienone is 2. The molecule has 0 aliphatic carbocycles. The number of halogens is 1. The van der Waals surface area contributed by atoms with Gasteiger partial charge in [0, 0.05) is 23.2 Å². The van der Waals surface area contributed by atoms with E-state index in [9.17, 15) is 19.8 Å². The Balaban J connectivity index is 1.53. The average molecular weight is 687 g/mol. The normalized spacial score (nSPS) is 26.2. The van der Waals surface area contributed by atoms with E-state index >= 15 is 4.39 Å². The number of hydrogen-bond acceptors (Lipinski definition) is 9. The van der Waals surface area contributed by atoms with Crippen LogP contribution in [0.1, 0.15) is 76.2 Å². The standard InChI is InChI=1S/C38H43FN4O7/c1-18(2)30(45)34(47)41-26-14-20-8-12-27-24(13-20)38(23-15-21(39)9-10-25(23)42-36(38)50-27)32-29(35-40-22(16-44)17-48-35)19(3)7-11-28(49-32)31(37(4,5)6)43-33(26)46/h8-13,15,17-19,26,30-31,36,42,44-45H,7,14,16H2,1-6H3,(H,41,47)(H,43,46). The molecule has 2 aromatic carbocycles. The van der Waals surface area contributed by atoms with Crippen LogP contribution in [0.4, 0.5) is 10.1 Å². The summed E-state index contributed by atoms with van der Waals surface area (Å²) in [5, 5.41) is 29.9. The second-order valence-corrected chi connectivity index (χ2v) is 15.1. The van der Waals surface area contributed by atoms with Crippen LogP contribution in [0.2, 0.25) is 0 Å². The molecule has 6 atom stereocenters. The maximum absolute atomic E-state index is 15.4. The van der Waals surface area contributed by atoms with E-state index < -0.39 is 52.9 Å². The van der Waals surface area contributed by atoms with Gasteiger partial charge in [0.15, 0.2) is 6.23 Å². The molecule has 0 fully saturated rings. The van der Waals surface area contributed by atoms with E-state index in [1.165, 1.54) is 18.4 Å². The average Bonchev–Trinajstić information content (AvgIpc) is 3.71. The van der Waals surface area contributed by atoms with Crippen molar-refractivity contribution in [1.29, 1.82) is 0 Å². The van der Waals surface area contributed by atoms with Gasteiger partial charge in [-0.15, -0.1) is 0 Å². The molecule has 4 aliphatic heterocycles. The number of nitrogens with zero attached hydrogens (tertiary/aromatic N) is 1. The summed E-state index contributed by atoms with van der Waals surface area (Å²) in [4.78, 5) is 32.0. The van der Waals surface area contributed by atoms with Crippen molar-refractivity contribution >= 4 is 23.1 Å². The monoisotopic (exact) mass is 686 g/mol. The molecule has 0 radical (unpaired) electrons. The van der Waals surface area contributed by atoms with E-state index in [2.05, 4.69) is 20.9 Å². The topological polar surface area (TPSA) is 155 Å². The second kappa shape index (κ2) is 12.3. The van der Waals surface area contributed by atoms with Crippen molar-refractivity contribution < 1.29 is 38.1 Å². The Hall–Kier alpha value is -4.68. The molecule has 0 saturated heterocycles. The largest absolute Gasteiger partial charge is 0.469 e. The number of nitrogens with one attached hydrogen (secondary N) is 3. The fourth-order valence-electron chi connectivity index (χ4n) is 7.46. The molecular weight excluding hydrogens is 643 g/mol. The highest BCUT2D eigenvalue weighted by Crippen LogP contribution is 2.61. The SMILES string of the molecule is CC1CC=C2OC(=C1c1nc(CO)co1)C13c4cc(F)ccc4NC1Oc1ccc(cc13)CC(NC(=O)C(O)C(C)C)C(=O)NC2C(C)(C)C. The number of benzene rings is 2. The Labute approximate surface area is 290 Å². The van der Waals surface area contributed by atoms with E-state index in [4.69, 9.17) is 13.9 Å². The number of hydrogen-bond donors (Lipinski definition) is 5. The van der Waals surface area contributed by atoms with E-state index in [1.807, 2.05) is 45.9 Å². The third-order valence-electron chi connectivity index (χ3n) is 10.1. The third-order valence-corrected chi connectivity index (χ3v) is 10.1. The zero-order valence-corrected chi connectivity index (χ0v) is 29.0. The maximum atomic E-state index is 15.4. The lowest BCUT2D eigenvalue weighted by Gasteiger charge is -2.38. The van der Waals surface area contributed by atoms with Gasteiger partial charge in [0.25, 0.3) is 0 Å². The summed E-state index contributed by atoms with van der Waals surface area (Å²) in [5.74, 6) is -0.498. The fourth-order valence-corrected chi connectivity index (χ4v) is 7.46. The molecule has 5 N–H and O–H groups in total. The first-order chi connectivity index (χ1) is 23.7. The Morgan fingerprint density at radius 3 is 2.64 bits per heavy atom. The van der Waals surface area contributed by atoms with Crippen molar-refractivity contribution in [2.24, 2.45) is 17.3 Å². The smallest absolute Gasteiger partial charge is 0.249 e. The molecule has 1 spiro atoms. The number of carbonyl (C=O) groups is 2. The summed E-state index contributed by atoms with van der Waals surface area (Å²) in [6.07, 6.45) is 1.83. The summed E-state index contributed by atoms with van der Waals surface area (Å²) in [6.45, 7) is 11.1. The van der Waals surface area contributed by atoms with E-state index in [1.54, 1.807) is 26.0 Å². The predicted molar refractivity (Wildman–Crippen MR) is 182 cm³/mol. The highest BCUT2D eigenvalue weighted by Gasteiger charge is 2.62. The number of amides is 2. The van der Waals surface area contributed by atoms with Crippen molar-refractivity contribution in [3.63, 3.8) is 0 Å². The van der Waals surface area contributed by atoms with Gasteiger partial charge in [0.1, 0.15) is 52.6 Å². The fraction of sp³-hybridized carbons (Fsp3) is 0.447. The lowest BCUT2D eigenvalue weighted by atomic mass is 9.71. The molecule has 50 heavy (non-hydrogen) atoms. The number of fused-ring (bicyclic) bond motifs is 4. The first kappa shape index (κ1) is 33.8. The first-order valence-electron chi connectivity index (χ1n) is 17.1. The summed E-state index contributed by atoms with van der Waals surface area (Å²) in [5.41, 5.74) is 1.73. The van der Waals surface area contributed by atoms with E-state index in [-0.39, 0.29) is 30.8 Å². The molecule has 0 saturated carbocycles. The minimum atomic E-state index is -1.31. The van der Waals surface area contributed by atoms with Gasteiger partial charge in [-0.1, -0.05) is 53.7 Å². The molecule has 264 valence electrons. The second-order valence-electron chi connectivity index (χ2n) is 15.1. The Morgan fingerprint density at radius 1 is 1.16 bits per heavy atom. The van der Waals surface area contributed by atoms with Crippen LogP contribution in [0.5, 0.6) is 5.75 Å². The van der Waals surface area contributed by atoms with Crippen molar-refractivity contribution in [3.8, 4) is 5.75 Å². The number of aliphatic hydroxyl groups excluding tert-OH is 2. The number of ether oxygens (including phenoxy) is 2. The van der Waals surface area contributed by atoms with Crippen LogP contribution in [-0.4, -0.2) is 51.4 Å². The van der Waals surface area contributed by atoms with Crippen molar-refractivity contribution in [2.75, 3.05) is 5.32 Å². The van der Waals surface area contributed by atoms with Crippen LogP contribution >= 0.6 is 0 Å².